The maximum Gasteiger partial charge on any atom is 0.264 e. The zero-order valence-corrected chi connectivity index (χ0v) is 16.5. The molecule has 2 atom stereocenters. The van der Waals surface area contributed by atoms with E-state index in [1.54, 1.807) is 0 Å². The van der Waals surface area contributed by atoms with Gasteiger partial charge in [-0.2, -0.15) is 5.10 Å². The average molecular weight is 395 g/mol. The number of rotatable bonds is 3. The lowest BCUT2D eigenvalue weighted by Crippen LogP contribution is -2.48. The fraction of sp³-hybridized carbons (Fsp3) is 0.381. The van der Waals surface area contributed by atoms with E-state index < -0.39 is 0 Å². The van der Waals surface area contributed by atoms with E-state index in [4.69, 9.17) is 0 Å². The highest BCUT2D eigenvalue weighted by Gasteiger charge is 2.43. The Bertz CT molecular complexity index is 1060. The van der Waals surface area contributed by atoms with Crippen LogP contribution in [-0.4, -0.2) is 45.6 Å². The lowest BCUT2D eigenvalue weighted by Gasteiger charge is -2.35. The molecule has 2 aliphatic rings. The molecule has 3 aromatic rings. The van der Waals surface area contributed by atoms with Crippen LogP contribution >= 0.6 is 11.3 Å². The van der Waals surface area contributed by atoms with Crippen LogP contribution in [0.5, 0.6) is 0 Å². The summed E-state index contributed by atoms with van der Waals surface area (Å²) in [6.07, 6.45) is 1.75. The van der Waals surface area contributed by atoms with Gasteiger partial charge in [-0.05, 0) is 31.4 Å². The number of carbonyl (C=O) groups is 2. The first-order valence-corrected chi connectivity index (χ1v) is 10.5. The summed E-state index contributed by atoms with van der Waals surface area (Å²) in [5.41, 5.74) is 2.12. The van der Waals surface area contributed by atoms with Crippen LogP contribution in [0.25, 0.3) is 10.2 Å². The first-order valence-electron chi connectivity index (χ1n) is 9.71. The van der Waals surface area contributed by atoms with Crippen molar-refractivity contribution in [3.05, 3.63) is 52.5 Å². The van der Waals surface area contributed by atoms with Gasteiger partial charge in [-0.15, -0.1) is 11.3 Å². The molecule has 1 aromatic carbocycles. The highest BCUT2D eigenvalue weighted by molar-refractivity contribution is 7.20. The predicted molar refractivity (Wildman–Crippen MR) is 108 cm³/mol. The van der Waals surface area contributed by atoms with Crippen molar-refractivity contribution in [1.29, 1.82) is 0 Å². The number of hydrogen-bond acceptors (Lipinski definition) is 4. The molecule has 28 heavy (non-hydrogen) atoms. The Kier molecular flexibility index (Phi) is 4.19. The van der Waals surface area contributed by atoms with Crippen molar-refractivity contribution in [1.82, 2.24) is 20.0 Å². The van der Waals surface area contributed by atoms with Crippen molar-refractivity contribution < 1.29 is 9.59 Å². The molecule has 1 N–H and O–H groups in total. The number of amides is 2. The molecule has 7 heteroatoms. The number of aromatic nitrogens is 2. The van der Waals surface area contributed by atoms with E-state index in [9.17, 15) is 9.59 Å². The van der Waals surface area contributed by atoms with Crippen molar-refractivity contribution in [2.75, 3.05) is 13.1 Å². The van der Waals surface area contributed by atoms with Crippen LogP contribution in [0.1, 0.15) is 33.8 Å². The Hall–Kier alpha value is -2.67. The van der Waals surface area contributed by atoms with Gasteiger partial charge in [0.15, 0.2) is 0 Å². The van der Waals surface area contributed by atoms with E-state index in [-0.39, 0.29) is 23.8 Å². The highest BCUT2D eigenvalue weighted by atomic mass is 32.1. The smallest absolute Gasteiger partial charge is 0.264 e. The third-order valence-electron chi connectivity index (χ3n) is 5.86. The van der Waals surface area contributed by atoms with Gasteiger partial charge in [-0.25, -0.2) is 0 Å². The first kappa shape index (κ1) is 17.4. The maximum absolute atomic E-state index is 13.3. The second-order valence-corrected chi connectivity index (χ2v) is 8.65. The summed E-state index contributed by atoms with van der Waals surface area (Å²) >= 11 is 1.50. The number of carbonyl (C=O) groups excluding carboxylic acids is 2. The van der Waals surface area contributed by atoms with Gasteiger partial charge < -0.3 is 10.2 Å². The van der Waals surface area contributed by atoms with E-state index in [1.807, 2.05) is 40.8 Å². The summed E-state index contributed by atoms with van der Waals surface area (Å²) < 4.78 is 1.99. The monoisotopic (exact) mass is 394 g/mol. The minimum absolute atomic E-state index is 0.0131. The number of likely N-dealkylation sites (tertiary alicyclic amines) is 1. The molecule has 2 aliphatic heterocycles. The third kappa shape index (κ3) is 2.81. The summed E-state index contributed by atoms with van der Waals surface area (Å²) in [5.74, 6) is 0.0774. The number of hydrogen-bond donors (Lipinski definition) is 1. The van der Waals surface area contributed by atoms with Gasteiger partial charge in [0.05, 0.1) is 29.1 Å². The molecule has 144 valence electrons. The zero-order chi connectivity index (χ0) is 19.3. The molecule has 5 rings (SSSR count). The van der Waals surface area contributed by atoms with E-state index in [1.165, 1.54) is 16.9 Å². The van der Waals surface area contributed by atoms with Crippen LogP contribution in [0.2, 0.25) is 0 Å². The molecular formula is C21H22N4O2S. The zero-order valence-electron chi connectivity index (χ0n) is 15.7. The Balaban J connectivity index is 1.46. The first-order chi connectivity index (χ1) is 13.6. The number of fused-ring (bicyclic) bond motifs is 2. The molecular weight excluding hydrogens is 372 g/mol. The fourth-order valence-electron chi connectivity index (χ4n) is 4.43. The van der Waals surface area contributed by atoms with Crippen molar-refractivity contribution >= 4 is 33.4 Å². The molecule has 0 saturated carbocycles. The van der Waals surface area contributed by atoms with Gasteiger partial charge in [-0.3, -0.25) is 14.3 Å². The van der Waals surface area contributed by atoms with Crippen LogP contribution in [0, 0.1) is 12.8 Å². The summed E-state index contributed by atoms with van der Waals surface area (Å²) in [4.78, 5) is 28.9. The number of nitrogens with one attached hydrogen (secondary N) is 1. The molecule has 0 unspecified atom stereocenters. The van der Waals surface area contributed by atoms with E-state index in [0.717, 1.165) is 40.2 Å². The maximum atomic E-state index is 13.3. The lowest BCUT2D eigenvalue weighted by molar-refractivity contribution is -0.123. The average Bonchev–Trinajstić information content (AvgIpc) is 3.39. The Morgan fingerprint density at radius 3 is 2.96 bits per heavy atom. The molecule has 2 aromatic heterocycles. The van der Waals surface area contributed by atoms with Gasteiger partial charge >= 0.3 is 0 Å². The van der Waals surface area contributed by atoms with Crippen molar-refractivity contribution in [2.24, 2.45) is 5.92 Å². The minimum Gasteiger partial charge on any atom is -0.354 e. The van der Waals surface area contributed by atoms with Gasteiger partial charge in [0.2, 0.25) is 5.91 Å². The summed E-state index contributed by atoms with van der Waals surface area (Å²) in [7, 11) is 0. The molecule has 0 aliphatic carbocycles. The number of aryl methyl sites for hydroxylation is 1. The van der Waals surface area contributed by atoms with Crippen LogP contribution in [0.15, 0.2) is 36.4 Å². The summed E-state index contributed by atoms with van der Waals surface area (Å²) in [6.45, 7) is 3.97. The Morgan fingerprint density at radius 1 is 1.32 bits per heavy atom. The topological polar surface area (TPSA) is 67.2 Å². The van der Waals surface area contributed by atoms with Gasteiger partial charge in [0, 0.05) is 18.5 Å². The van der Waals surface area contributed by atoms with E-state index in [2.05, 4.69) is 22.5 Å². The quantitative estimate of drug-likeness (QED) is 0.743. The lowest BCUT2D eigenvalue weighted by atomic mass is 9.91. The normalized spacial score (nSPS) is 21.8. The highest BCUT2D eigenvalue weighted by Crippen LogP contribution is 2.33. The van der Waals surface area contributed by atoms with E-state index >= 15 is 0 Å². The molecule has 2 amide bonds. The van der Waals surface area contributed by atoms with Gasteiger partial charge in [0.1, 0.15) is 4.83 Å². The minimum atomic E-state index is -0.0533. The number of benzene rings is 1. The van der Waals surface area contributed by atoms with Crippen molar-refractivity contribution in [3.63, 3.8) is 0 Å². The molecule has 2 saturated heterocycles. The second-order valence-electron chi connectivity index (χ2n) is 7.62. The predicted octanol–water partition coefficient (Wildman–Crippen LogP) is 2.81. The van der Waals surface area contributed by atoms with Gasteiger partial charge in [-0.1, -0.05) is 30.3 Å². The Morgan fingerprint density at radius 2 is 2.14 bits per heavy atom. The van der Waals surface area contributed by atoms with Crippen LogP contribution in [0.4, 0.5) is 0 Å². The molecule has 0 spiro atoms. The Labute approximate surface area is 167 Å². The van der Waals surface area contributed by atoms with Crippen LogP contribution in [-0.2, 0) is 11.3 Å². The number of thiophene rings is 1. The van der Waals surface area contributed by atoms with Crippen molar-refractivity contribution in [3.8, 4) is 0 Å². The standard InChI is InChI=1S/C21H22N4O2S/c1-13-16-10-18(20(27)24-9-5-8-15-17(24)11-22-19(15)26)28-21(16)25(23-13)12-14-6-3-2-4-7-14/h2-4,6-7,10,15,17H,5,8-9,11-12H2,1H3,(H,22,26)/t15-,17+/m0/s1. The fourth-order valence-corrected chi connectivity index (χ4v) is 5.54. The molecule has 6 nitrogen and oxygen atoms in total. The third-order valence-corrected chi connectivity index (χ3v) is 6.99. The van der Waals surface area contributed by atoms with Crippen LogP contribution < -0.4 is 5.32 Å². The molecule has 0 bridgehead atoms. The number of piperidine rings is 1. The van der Waals surface area contributed by atoms with Crippen molar-refractivity contribution in [2.45, 2.75) is 32.4 Å². The SMILES string of the molecule is Cc1nn(Cc2ccccc2)c2sc(C(=O)N3CCC[C@@H]4C(=O)NC[C@H]43)cc12. The van der Waals surface area contributed by atoms with E-state index in [0.29, 0.717) is 13.1 Å². The second kappa shape index (κ2) is 6.74. The summed E-state index contributed by atoms with van der Waals surface area (Å²) in [5, 5.41) is 8.63. The molecule has 2 fully saturated rings. The molecule has 4 heterocycles. The van der Waals surface area contributed by atoms with Gasteiger partial charge in [0.25, 0.3) is 5.91 Å². The largest absolute Gasteiger partial charge is 0.354 e. The summed E-state index contributed by atoms with van der Waals surface area (Å²) in [6, 6.07) is 12.2. The number of nitrogens with zero attached hydrogens (tertiary/aromatic N) is 3. The van der Waals surface area contributed by atoms with Crippen LogP contribution in [0.3, 0.4) is 0 Å². The molecule has 0 radical (unpaired) electrons.